The SMILES string of the molecule is COc1cc(C(CC(=O)O)c2ccc(C)c(CN(C)S(=O)(=O)c3ccc(OCCCCCCCC(=O)CCCNc4ncc(Cl)c(Nc5ccccc5S(=O)(=O)C(C)C)n4)cc3)c2)cc2nnn(C)c12. The summed E-state index contributed by atoms with van der Waals surface area (Å²) >= 11 is 6.34. The van der Waals surface area contributed by atoms with E-state index in [2.05, 4.69) is 30.9 Å². The first-order chi connectivity index (χ1) is 33.4. The average molecular weight is 1020 g/mol. The van der Waals surface area contributed by atoms with E-state index in [-0.39, 0.29) is 39.4 Å². The number of hydrogen-bond donors (Lipinski definition) is 3. The van der Waals surface area contributed by atoms with Gasteiger partial charge in [0.1, 0.15) is 33.3 Å². The number of Topliss-reactive ketones (excluding diaryl/α,β-unsaturated/α-hetero) is 1. The number of carboxylic acids is 1. The normalized spacial score (nSPS) is 12.4. The van der Waals surface area contributed by atoms with Gasteiger partial charge < -0.3 is 25.2 Å². The van der Waals surface area contributed by atoms with Crippen LogP contribution in [0.1, 0.15) is 99.8 Å². The molecule has 3 N–H and O–H groups in total. The first-order valence-electron chi connectivity index (χ1n) is 23.1. The molecule has 6 aromatic rings. The molecule has 2 aromatic heterocycles. The zero-order valence-electron chi connectivity index (χ0n) is 40.3. The third-order valence-corrected chi connectivity index (χ3v) is 16.3. The number of sulfone groups is 1. The Morgan fingerprint density at radius 2 is 1.61 bits per heavy atom. The summed E-state index contributed by atoms with van der Waals surface area (Å²) in [4.78, 5) is 33.6. The number of carbonyl (C=O) groups is 2. The number of nitrogens with one attached hydrogen (secondary N) is 2. The lowest BCUT2D eigenvalue weighted by atomic mass is 9.86. The number of ether oxygens (including phenoxy) is 2. The van der Waals surface area contributed by atoms with Gasteiger partial charge in [0.05, 0.1) is 47.1 Å². The van der Waals surface area contributed by atoms with Gasteiger partial charge in [-0.2, -0.15) is 9.29 Å². The van der Waals surface area contributed by atoms with Crippen LogP contribution in [0.15, 0.2) is 94.9 Å². The third kappa shape index (κ3) is 13.6. The van der Waals surface area contributed by atoms with Crippen LogP contribution in [0.3, 0.4) is 0 Å². The van der Waals surface area contributed by atoms with Gasteiger partial charge in [0, 0.05) is 45.9 Å². The highest BCUT2D eigenvalue weighted by Gasteiger charge is 2.26. The Bertz CT molecular complexity index is 3000. The number of aliphatic carboxylic acids is 1. The Morgan fingerprint density at radius 1 is 0.900 bits per heavy atom. The van der Waals surface area contributed by atoms with E-state index >= 15 is 0 Å². The molecule has 0 aliphatic rings. The highest BCUT2D eigenvalue weighted by atomic mass is 35.5. The minimum Gasteiger partial charge on any atom is -0.494 e. The predicted octanol–water partition coefficient (Wildman–Crippen LogP) is 9.26. The maximum atomic E-state index is 13.7. The summed E-state index contributed by atoms with van der Waals surface area (Å²) in [7, 11) is -2.64. The Kier molecular flexibility index (Phi) is 18.3. The van der Waals surface area contributed by atoms with E-state index in [1.165, 1.54) is 36.8 Å². The fraction of sp³-hybridized carbons (Fsp3) is 0.400. The molecule has 20 heteroatoms. The average Bonchev–Trinajstić information content (AvgIpc) is 3.71. The lowest BCUT2D eigenvalue weighted by Gasteiger charge is -2.22. The van der Waals surface area contributed by atoms with Crippen molar-refractivity contribution in [2.45, 2.75) is 106 Å². The van der Waals surface area contributed by atoms with Crippen molar-refractivity contribution in [3.05, 3.63) is 112 Å². The van der Waals surface area contributed by atoms with Gasteiger partial charge in [0.2, 0.25) is 16.0 Å². The van der Waals surface area contributed by atoms with Gasteiger partial charge in [0.15, 0.2) is 15.7 Å². The zero-order chi connectivity index (χ0) is 50.6. The van der Waals surface area contributed by atoms with E-state index in [9.17, 15) is 31.5 Å². The lowest BCUT2D eigenvalue weighted by Crippen LogP contribution is -2.27. The maximum absolute atomic E-state index is 13.7. The highest BCUT2D eigenvalue weighted by molar-refractivity contribution is 7.92. The van der Waals surface area contributed by atoms with Crippen molar-refractivity contribution in [2.24, 2.45) is 7.05 Å². The van der Waals surface area contributed by atoms with E-state index in [1.54, 1.807) is 68.0 Å². The molecule has 0 radical (unpaired) electrons. The summed E-state index contributed by atoms with van der Waals surface area (Å²) in [5, 5.41) is 24.0. The minimum atomic E-state index is -3.89. The molecule has 0 saturated carbocycles. The quantitative estimate of drug-likeness (QED) is 0.0409. The van der Waals surface area contributed by atoms with Crippen LogP contribution in [-0.2, 0) is 43.0 Å². The van der Waals surface area contributed by atoms with Gasteiger partial charge in [-0.15, -0.1) is 5.10 Å². The van der Waals surface area contributed by atoms with Crippen molar-refractivity contribution < 1.29 is 41.0 Å². The minimum absolute atomic E-state index is 0.0639. The molecule has 0 amide bonds. The van der Waals surface area contributed by atoms with Gasteiger partial charge in [0.25, 0.3) is 0 Å². The number of halogens is 1. The second kappa shape index (κ2) is 24.1. The molecule has 0 aliphatic carbocycles. The van der Waals surface area contributed by atoms with Crippen molar-refractivity contribution in [2.75, 3.05) is 37.9 Å². The molecule has 6 rings (SSSR count). The highest BCUT2D eigenvalue weighted by Crippen LogP contribution is 2.36. The number of carboxylic acid groups (broad SMARTS) is 1. The summed E-state index contributed by atoms with van der Waals surface area (Å²) in [5.41, 5.74) is 4.63. The predicted molar refractivity (Wildman–Crippen MR) is 270 cm³/mol. The number of unbranched alkanes of at least 4 members (excludes halogenated alkanes) is 4. The number of anilines is 3. The van der Waals surface area contributed by atoms with E-state index < -0.39 is 37.0 Å². The summed E-state index contributed by atoms with van der Waals surface area (Å²) in [6.07, 6.45) is 7.15. The summed E-state index contributed by atoms with van der Waals surface area (Å²) in [6, 6.07) is 22.2. The maximum Gasteiger partial charge on any atom is 0.304 e. The first kappa shape index (κ1) is 53.2. The van der Waals surface area contributed by atoms with Crippen LogP contribution >= 0.6 is 11.6 Å². The molecule has 374 valence electrons. The molecular weight excluding hydrogens is 956 g/mol. The second-order valence-corrected chi connectivity index (χ2v) is 22.3. The number of methoxy groups -OCH3 is 1. The molecule has 0 saturated heterocycles. The van der Waals surface area contributed by atoms with Gasteiger partial charge in [-0.1, -0.05) is 66.4 Å². The van der Waals surface area contributed by atoms with Crippen LogP contribution in [0.25, 0.3) is 11.0 Å². The summed E-state index contributed by atoms with van der Waals surface area (Å²) < 4.78 is 67.6. The molecule has 0 aliphatic heterocycles. The van der Waals surface area contributed by atoms with Gasteiger partial charge in [-0.25, -0.2) is 26.5 Å². The number of fused-ring (bicyclic) bond motifs is 1. The van der Waals surface area contributed by atoms with Crippen LogP contribution in [0.5, 0.6) is 11.5 Å². The van der Waals surface area contributed by atoms with Gasteiger partial charge >= 0.3 is 5.97 Å². The number of aromatic nitrogens is 5. The third-order valence-electron chi connectivity index (χ3n) is 12.0. The number of benzene rings is 4. The molecule has 0 bridgehead atoms. The lowest BCUT2D eigenvalue weighted by molar-refractivity contribution is -0.137. The molecule has 70 heavy (non-hydrogen) atoms. The largest absolute Gasteiger partial charge is 0.494 e. The number of carbonyl (C=O) groups excluding carboxylic acids is 1. The number of aryl methyl sites for hydroxylation is 2. The summed E-state index contributed by atoms with van der Waals surface area (Å²) in [6.45, 7) is 6.14. The molecule has 1 unspecified atom stereocenters. The number of ketones is 1. The standard InChI is InChI=1S/C50H61ClN8O9S2/c1-33(2)69(63,64)46-18-12-11-17-43(46)54-49-42(51)31-53-50(55-49)52-25-14-16-38(60)15-10-8-7-9-13-26-68-39-21-23-40(24-22-39)70(65,66)58(4)32-37-27-35(20-19-34(37)3)41(30-47(61)62)36-28-44-48(45(29-36)67-6)59(5)57-56-44/h11-12,17-24,27-29,31,33,41H,7-10,13-16,25-26,30,32H2,1-6H3,(H,61,62)(H2,52,53,54,55). The van der Waals surface area contributed by atoms with Crippen LogP contribution in [0.2, 0.25) is 5.02 Å². The second-order valence-electron chi connectivity index (χ2n) is 17.4. The fourth-order valence-electron chi connectivity index (χ4n) is 7.92. The molecule has 4 aromatic carbocycles. The van der Waals surface area contributed by atoms with E-state index in [1.807, 2.05) is 31.2 Å². The molecule has 1 atom stereocenters. The number of nitrogens with zero attached hydrogens (tertiary/aromatic N) is 6. The van der Waals surface area contributed by atoms with Crippen LogP contribution in [0.4, 0.5) is 17.5 Å². The van der Waals surface area contributed by atoms with Gasteiger partial charge in [-0.05, 0) is 111 Å². The van der Waals surface area contributed by atoms with E-state index in [0.717, 1.165) is 43.2 Å². The zero-order valence-corrected chi connectivity index (χ0v) is 42.7. The smallest absolute Gasteiger partial charge is 0.304 e. The number of rotatable bonds is 27. The topological polar surface area (TPSA) is 225 Å². The Balaban J connectivity index is 0.893. The van der Waals surface area contributed by atoms with Crippen LogP contribution < -0.4 is 20.1 Å². The molecule has 0 spiro atoms. The number of para-hydroxylation sites is 1. The van der Waals surface area contributed by atoms with Gasteiger partial charge in [-0.3, -0.25) is 9.59 Å². The van der Waals surface area contributed by atoms with Crippen molar-refractivity contribution in [3.8, 4) is 11.5 Å². The Hall–Kier alpha value is -6.15. The molecule has 0 fully saturated rings. The Morgan fingerprint density at radius 3 is 2.34 bits per heavy atom. The monoisotopic (exact) mass is 1020 g/mol. The van der Waals surface area contributed by atoms with E-state index in [0.29, 0.717) is 77.7 Å². The molecule has 2 heterocycles. The van der Waals surface area contributed by atoms with Crippen molar-refractivity contribution in [3.63, 3.8) is 0 Å². The molecule has 17 nitrogen and oxygen atoms in total. The van der Waals surface area contributed by atoms with Crippen molar-refractivity contribution >= 4 is 71.7 Å². The first-order valence-corrected chi connectivity index (χ1v) is 26.5. The van der Waals surface area contributed by atoms with Crippen molar-refractivity contribution in [1.29, 1.82) is 0 Å². The van der Waals surface area contributed by atoms with Crippen LogP contribution in [0, 0.1) is 6.92 Å². The van der Waals surface area contributed by atoms with Crippen LogP contribution in [-0.4, -0.2) is 95.5 Å². The summed E-state index contributed by atoms with van der Waals surface area (Å²) in [5.74, 6) is 0.278. The van der Waals surface area contributed by atoms with E-state index in [4.69, 9.17) is 21.1 Å². The Labute approximate surface area is 414 Å². The van der Waals surface area contributed by atoms with Crippen molar-refractivity contribution in [1.82, 2.24) is 29.3 Å². The number of hydrogen-bond acceptors (Lipinski definition) is 14. The fourth-order valence-corrected chi connectivity index (χ4v) is 10.4. The molecular formula is C50H61ClN8O9S2. The number of sulfonamides is 1.